The standard InChI is InChI=1S/C15H22O4/c1-13(2)5-4-6-14(3)12(13)11(18)7-10(8-16)15(14,19)9-17/h7-9,11-12,18-19H,4-6H2,1-3H3/t11-,12?,14?,15+/m0/s1. The first-order valence-electron chi connectivity index (χ1n) is 6.77. The summed E-state index contributed by atoms with van der Waals surface area (Å²) >= 11 is 0. The van der Waals surface area contributed by atoms with Crippen LogP contribution in [0.3, 0.4) is 0 Å². The van der Waals surface area contributed by atoms with Crippen LogP contribution < -0.4 is 0 Å². The van der Waals surface area contributed by atoms with E-state index in [1.54, 1.807) is 0 Å². The first-order valence-corrected chi connectivity index (χ1v) is 6.77. The molecular formula is C15H22O4. The molecule has 0 bridgehead atoms. The van der Waals surface area contributed by atoms with Gasteiger partial charge in [0.05, 0.1) is 6.10 Å². The van der Waals surface area contributed by atoms with Crippen molar-refractivity contribution in [3.63, 3.8) is 0 Å². The molecule has 2 aliphatic rings. The molecule has 0 aromatic heterocycles. The van der Waals surface area contributed by atoms with E-state index >= 15 is 0 Å². The molecule has 19 heavy (non-hydrogen) atoms. The van der Waals surface area contributed by atoms with Crippen LogP contribution in [-0.2, 0) is 9.59 Å². The van der Waals surface area contributed by atoms with Gasteiger partial charge in [-0.3, -0.25) is 9.59 Å². The van der Waals surface area contributed by atoms with Crippen molar-refractivity contribution in [2.75, 3.05) is 0 Å². The minimum absolute atomic E-state index is 0.00792. The number of carbonyl (C=O) groups is 2. The van der Waals surface area contributed by atoms with Crippen LogP contribution in [0.2, 0.25) is 0 Å². The van der Waals surface area contributed by atoms with Crippen LogP contribution in [0, 0.1) is 16.7 Å². The summed E-state index contributed by atoms with van der Waals surface area (Å²) in [6, 6.07) is 0. The molecule has 0 radical (unpaired) electrons. The van der Waals surface area contributed by atoms with Gasteiger partial charge in [0.1, 0.15) is 6.29 Å². The van der Waals surface area contributed by atoms with Gasteiger partial charge >= 0.3 is 0 Å². The highest BCUT2D eigenvalue weighted by Crippen LogP contribution is 2.60. The van der Waals surface area contributed by atoms with Gasteiger partial charge in [0.2, 0.25) is 0 Å². The molecule has 1 saturated carbocycles. The molecule has 0 spiro atoms. The van der Waals surface area contributed by atoms with E-state index in [-0.39, 0.29) is 16.9 Å². The maximum Gasteiger partial charge on any atom is 0.156 e. The van der Waals surface area contributed by atoms with Crippen molar-refractivity contribution in [3.05, 3.63) is 11.6 Å². The van der Waals surface area contributed by atoms with Gasteiger partial charge in [-0.2, -0.15) is 0 Å². The number of carbonyl (C=O) groups excluding carboxylic acids is 2. The second-order valence-electron chi connectivity index (χ2n) is 6.85. The van der Waals surface area contributed by atoms with Gasteiger partial charge < -0.3 is 10.2 Å². The fraction of sp³-hybridized carbons (Fsp3) is 0.733. The molecule has 0 heterocycles. The topological polar surface area (TPSA) is 74.6 Å². The molecule has 0 saturated heterocycles. The normalized spacial score (nSPS) is 45.0. The Morgan fingerprint density at radius 3 is 2.42 bits per heavy atom. The van der Waals surface area contributed by atoms with Crippen molar-refractivity contribution in [3.8, 4) is 0 Å². The Morgan fingerprint density at radius 2 is 1.89 bits per heavy atom. The molecule has 0 amide bonds. The average Bonchev–Trinajstić information content (AvgIpc) is 2.32. The third kappa shape index (κ3) is 1.73. The minimum Gasteiger partial charge on any atom is -0.389 e. The Morgan fingerprint density at radius 1 is 1.26 bits per heavy atom. The van der Waals surface area contributed by atoms with Crippen molar-refractivity contribution < 1.29 is 19.8 Å². The van der Waals surface area contributed by atoms with Crippen molar-refractivity contribution >= 4 is 12.6 Å². The largest absolute Gasteiger partial charge is 0.389 e. The zero-order chi connectivity index (χ0) is 14.5. The summed E-state index contributed by atoms with van der Waals surface area (Å²) < 4.78 is 0. The smallest absolute Gasteiger partial charge is 0.156 e. The van der Waals surface area contributed by atoms with Gasteiger partial charge in [-0.25, -0.2) is 0 Å². The Bertz CT molecular complexity index is 439. The number of hydrogen-bond donors (Lipinski definition) is 2. The van der Waals surface area contributed by atoms with E-state index in [1.807, 2.05) is 20.8 Å². The number of rotatable bonds is 2. The van der Waals surface area contributed by atoms with Crippen LogP contribution in [0.25, 0.3) is 0 Å². The first kappa shape index (κ1) is 14.4. The molecule has 0 aromatic carbocycles. The monoisotopic (exact) mass is 266 g/mol. The lowest BCUT2D eigenvalue weighted by Crippen LogP contribution is -2.64. The molecule has 0 aromatic rings. The Labute approximate surface area is 113 Å². The molecule has 4 atom stereocenters. The summed E-state index contributed by atoms with van der Waals surface area (Å²) in [6.07, 6.45) is 3.92. The van der Waals surface area contributed by atoms with Crippen LogP contribution in [0.15, 0.2) is 11.6 Å². The van der Waals surface area contributed by atoms with E-state index in [1.165, 1.54) is 6.08 Å². The van der Waals surface area contributed by atoms with E-state index in [4.69, 9.17) is 0 Å². The van der Waals surface area contributed by atoms with Gasteiger partial charge in [0, 0.05) is 16.9 Å². The fourth-order valence-electron chi connectivity index (χ4n) is 4.42. The van der Waals surface area contributed by atoms with Crippen LogP contribution in [-0.4, -0.2) is 34.5 Å². The average molecular weight is 266 g/mol. The number of hydrogen-bond acceptors (Lipinski definition) is 4. The molecule has 2 rings (SSSR count). The maximum absolute atomic E-state index is 11.5. The number of aldehydes is 2. The summed E-state index contributed by atoms with van der Waals surface area (Å²) in [7, 11) is 0. The van der Waals surface area contributed by atoms with Crippen molar-refractivity contribution in [1.82, 2.24) is 0 Å². The van der Waals surface area contributed by atoms with E-state index in [9.17, 15) is 19.8 Å². The van der Waals surface area contributed by atoms with Gasteiger partial charge in [0.15, 0.2) is 11.9 Å². The maximum atomic E-state index is 11.5. The molecular weight excluding hydrogens is 244 g/mol. The number of aliphatic hydroxyl groups is 2. The lowest BCUT2D eigenvalue weighted by atomic mass is 9.46. The second-order valence-corrected chi connectivity index (χ2v) is 6.85. The van der Waals surface area contributed by atoms with Crippen LogP contribution >= 0.6 is 0 Å². The highest BCUT2D eigenvalue weighted by molar-refractivity contribution is 5.88. The van der Waals surface area contributed by atoms with Gasteiger partial charge in [-0.05, 0) is 24.3 Å². The molecule has 2 N–H and O–H groups in total. The Hall–Kier alpha value is -1.00. The molecule has 4 nitrogen and oxygen atoms in total. The molecule has 4 heteroatoms. The van der Waals surface area contributed by atoms with Crippen LogP contribution in [0.1, 0.15) is 40.0 Å². The van der Waals surface area contributed by atoms with Gasteiger partial charge in [0.25, 0.3) is 0 Å². The van der Waals surface area contributed by atoms with Crippen molar-refractivity contribution in [1.29, 1.82) is 0 Å². The summed E-state index contributed by atoms with van der Waals surface area (Å²) in [5.74, 6) is -0.243. The SMILES string of the molecule is CC1(C)CCCC2(C)C1[C@@H](O)C=C(C=O)[C@]2(O)C=O. The zero-order valence-electron chi connectivity index (χ0n) is 11.7. The summed E-state index contributed by atoms with van der Waals surface area (Å²) in [5.41, 5.74) is -2.79. The fourth-order valence-corrected chi connectivity index (χ4v) is 4.42. The minimum atomic E-state index is -1.80. The predicted molar refractivity (Wildman–Crippen MR) is 70.4 cm³/mol. The lowest BCUT2D eigenvalue weighted by molar-refractivity contribution is -0.174. The quantitative estimate of drug-likeness (QED) is 0.738. The molecule has 106 valence electrons. The molecule has 0 aliphatic heterocycles. The van der Waals surface area contributed by atoms with E-state index in [0.29, 0.717) is 19.0 Å². The van der Waals surface area contributed by atoms with E-state index in [2.05, 4.69) is 0 Å². The van der Waals surface area contributed by atoms with Crippen LogP contribution in [0.4, 0.5) is 0 Å². The highest BCUT2D eigenvalue weighted by Gasteiger charge is 2.62. The van der Waals surface area contributed by atoms with Crippen LogP contribution in [0.5, 0.6) is 0 Å². The zero-order valence-corrected chi connectivity index (χ0v) is 11.7. The number of fused-ring (bicyclic) bond motifs is 1. The molecule has 1 fully saturated rings. The predicted octanol–water partition coefficient (Wildman–Crippen LogP) is 1.25. The lowest BCUT2D eigenvalue weighted by Gasteiger charge is -2.59. The molecule has 2 aliphatic carbocycles. The van der Waals surface area contributed by atoms with Gasteiger partial charge in [-0.1, -0.05) is 27.2 Å². The van der Waals surface area contributed by atoms with E-state index < -0.39 is 17.1 Å². The van der Waals surface area contributed by atoms with Crippen molar-refractivity contribution in [2.45, 2.75) is 51.7 Å². The third-order valence-electron chi connectivity index (χ3n) is 5.35. The Balaban J connectivity index is 2.66. The van der Waals surface area contributed by atoms with E-state index in [0.717, 1.165) is 12.8 Å². The first-order chi connectivity index (χ1) is 8.73. The highest BCUT2D eigenvalue weighted by atomic mass is 16.3. The third-order valence-corrected chi connectivity index (χ3v) is 5.35. The molecule has 2 unspecified atom stereocenters. The van der Waals surface area contributed by atoms with Crippen molar-refractivity contribution in [2.24, 2.45) is 16.7 Å². The second kappa shape index (κ2) is 4.25. The number of aliphatic hydroxyl groups excluding tert-OH is 1. The van der Waals surface area contributed by atoms with Gasteiger partial charge in [-0.15, -0.1) is 0 Å². The Kier molecular flexibility index (Phi) is 3.22. The summed E-state index contributed by atoms with van der Waals surface area (Å²) in [4.78, 5) is 22.7. The summed E-state index contributed by atoms with van der Waals surface area (Å²) in [6.45, 7) is 5.90. The summed E-state index contributed by atoms with van der Waals surface area (Å²) in [5, 5.41) is 21.1.